The first-order chi connectivity index (χ1) is 18.6. The Bertz CT molecular complexity index is 1490. The van der Waals surface area contributed by atoms with Crippen LogP contribution in [0.4, 0.5) is 11.4 Å². The van der Waals surface area contributed by atoms with Crippen LogP contribution in [0.5, 0.6) is 0 Å². The highest BCUT2D eigenvalue weighted by Gasteiger charge is 2.26. The standard InChI is InChI=1S/C32H35N5O/c1-22-5-9-29(23(2)17-22)35-32-25(19-33)20-34-30-18-24(6-8-28(30)32)31-10-7-27(38-31)21-36-15-11-26(12-16-36)37-13-3-4-14-37/h5-10,17-18,20,26H,3-4,11-16,21H2,1-2H3,(H,34,35). The quantitative estimate of drug-likeness (QED) is 0.311. The molecule has 2 aromatic heterocycles. The van der Waals surface area contributed by atoms with Crippen molar-refractivity contribution < 1.29 is 4.42 Å². The van der Waals surface area contributed by atoms with Crippen LogP contribution in [0.3, 0.4) is 0 Å². The minimum absolute atomic E-state index is 0.527. The molecule has 0 saturated carbocycles. The minimum atomic E-state index is 0.527. The van der Waals surface area contributed by atoms with Crippen molar-refractivity contribution in [2.24, 2.45) is 0 Å². The lowest BCUT2D eigenvalue weighted by Gasteiger charge is -2.36. The molecule has 0 amide bonds. The summed E-state index contributed by atoms with van der Waals surface area (Å²) in [7, 11) is 0. The van der Waals surface area contributed by atoms with Crippen LogP contribution in [0, 0.1) is 25.2 Å². The van der Waals surface area contributed by atoms with Gasteiger partial charge in [-0.25, -0.2) is 0 Å². The first-order valence-corrected chi connectivity index (χ1v) is 13.8. The normalized spacial score (nSPS) is 17.2. The molecule has 1 N–H and O–H groups in total. The maximum Gasteiger partial charge on any atom is 0.134 e. The van der Waals surface area contributed by atoms with Gasteiger partial charge in [-0.15, -0.1) is 0 Å². The average molecular weight is 506 g/mol. The van der Waals surface area contributed by atoms with E-state index in [9.17, 15) is 5.26 Å². The summed E-state index contributed by atoms with van der Waals surface area (Å²) in [6, 6.07) is 19.6. The van der Waals surface area contributed by atoms with Crippen molar-refractivity contribution >= 4 is 22.3 Å². The molecular weight excluding hydrogens is 470 g/mol. The second kappa shape index (κ2) is 10.6. The zero-order valence-electron chi connectivity index (χ0n) is 22.3. The zero-order valence-corrected chi connectivity index (χ0v) is 22.3. The van der Waals surface area contributed by atoms with E-state index in [-0.39, 0.29) is 0 Å². The maximum absolute atomic E-state index is 9.76. The van der Waals surface area contributed by atoms with E-state index in [0.29, 0.717) is 5.56 Å². The summed E-state index contributed by atoms with van der Waals surface area (Å²) < 4.78 is 6.30. The Balaban J connectivity index is 1.19. The Kier molecular flexibility index (Phi) is 6.88. The number of fused-ring (bicyclic) bond motifs is 1. The highest BCUT2D eigenvalue weighted by Crippen LogP contribution is 2.33. The molecule has 6 nitrogen and oxygen atoms in total. The van der Waals surface area contributed by atoms with E-state index in [1.807, 2.05) is 12.1 Å². The fourth-order valence-corrected chi connectivity index (χ4v) is 6.04. The largest absolute Gasteiger partial charge is 0.460 e. The third-order valence-corrected chi connectivity index (χ3v) is 8.17. The van der Waals surface area contributed by atoms with Gasteiger partial charge in [-0.1, -0.05) is 23.8 Å². The topological polar surface area (TPSA) is 68.3 Å². The maximum atomic E-state index is 9.76. The number of likely N-dealkylation sites (tertiary alicyclic amines) is 2. The van der Waals surface area contributed by atoms with Gasteiger partial charge in [0.2, 0.25) is 0 Å². The number of pyridine rings is 1. The van der Waals surface area contributed by atoms with Gasteiger partial charge in [0.15, 0.2) is 0 Å². The van der Waals surface area contributed by atoms with Crippen LogP contribution in [0.15, 0.2) is 59.1 Å². The summed E-state index contributed by atoms with van der Waals surface area (Å²) in [5, 5.41) is 14.2. The van der Waals surface area contributed by atoms with Crippen molar-refractivity contribution in [3.8, 4) is 17.4 Å². The molecule has 4 aromatic rings. The SMILES string of the molecule is Cc1ccc(Nc2c(C#N)cnc3cc(-c4ccc(CN5CCC(N6CCCC6)CC5)o4)ccc23)c(C)c1. The number of hydrogen-bond acceptors (Lipinski definition) is 6. The number of aryl methyl sites for hydroxylation is 2. The van der Waals surface area contributed by atoms with Gasteiger partial charge in [-0.2, -0.15) is 5.26 Å². The van der Waals surface area contributed by atoms with Gasteiger partial charge in [-0.05, 0) is 88.5 Å². The summed E-state index contributed by atoms with van der Waals surface area (Å²) in [6.45, 7) is 9.85. The third-order valence-electron chi connectivity index (χ3n) is 8.17. The molecule has 0 bridgehead atoms. The number of piperidine rings is 1. The lowest BCUT2D eigenvalue weighted by molar-refractivity contribution is 0.118. The molecule has 0 spiro atoms. The molecule has 0 atom stereocenters. The highest BCUT2D eigenvalue weighted by molar-refractivity contribution is 5.97. The molecule has 2 fully saturated rings. The number of furan rings is 1. The number of hydrogen-bond donors (Lipinski definition) is 1. The molecule has 2 saturated heterocycles. The predicted octanol–water partition coefficient (Wildman–Crippen LogP) is 6.79. The fourth-order valence-electron chi connectivity index (χ4n) is 6.04. The summed E-state index contributed by atoms with van der Waals surface area (Å²) in [5.41, 5.74) is 6.47. The molecule has 194 valence electrons. The van der Waals surface area contributed by atoms with Crippen LogP contribution in [-0.4, -0.2) is 47.0 Å². The van der Waals surface area contributed by atoms with Crippen LogP contribution in [-0.2, 0) is 6.54 Å². The van der Waals surface area contributed by atoms with Gasteiger partial charge in [0.25, 0.3) is 0 Å². The van der Waals surface area contributed by atoms with Crippen molar-refractivity contribution in [1.29, 1.82) is 5.26 Å². The van der Waals surface area contributed by atoms with Crippen molar-refractivity contribution in [2.75, 3.05) is 31.5 Å². The summed E-state index contributed by atoms with van der Waals surface area (Å²) in [4.78, 5) is 9.81. The third kappa shape index (κ3) is 5.05. The molecular formula is C32H35N5O. The monoisotopic (exact) mass is 505 g/mol. The zero-order chi connectivity index (χ0) is 26.1. The molecule has 0 radical (unpaired) electrons. The first-order valence-electron chi connectivity index (χ1n) is 13.8. The molecule has 0 unspecified atom stereocenters. The van der Waals surface area contributed by atoms with E-state index < -0.39 is 0 Å². The smallest absolute Gasteiger partial charge is 0.134 e. The Morgan fingerprint density at radius 1 is 1.00 bits per heavy atom. The van der Waals surface area contributed by atoms with Crippen molar-refractivity contribution in [1.82, 2.24) is 14.8 Å². The fraction of sp³-hybridized carbons (Fsp3) is 0.375. The van der Waals surface area contributed by atoms with Gasteiger partial charge in [0, 0.05) is 42.0 Å². The molecule has 0 aliphatic carbocycles. The van der Waals surface area contributed by atoms with Gasteiger partial charge in [0.1, 0.15) is 17.6 Å². The Labute approximate surface area is 224 Å². The number of nitrogens with zero attached hydrogens (tertiary/aromatic N) is 4. The predicted molar refractivity (Wildman–Crippen MR) is 152 cm³/mol. The Morgan fingerprint density at radius 2 is 1.82 bits per heavy atom. The van der Waals surface area contributed by atoms with E-state index in [2.05, 4.69) is 76.4 Å². The second-order valence-electron chi connectivity index (χ2n) is 10.9. The number of aromatic nitrogens is 1. The molecule has 2 aliphatic rings. The summed E-state index contributed by atoms with van der Waals surface area (Å²) in [6.07, 6.45) is 6.89. The molecule has 6 rings (SSSR count). The number of benzene rings is 2. The number of rotatable bonds is 6. The number of nitrogens with one attached hydrogen (secondary N) is 1. The first kappa shape index (κ1) is 24.7. The summed E-state index contributed by atoms with van der Waals surface area (Å²) in [5.74, 6) is 1.86. The number of anilines is 2. The molecule has 4 heterocycles. The van der Waals surface area contributed by atoms with Gasteiger partial charge < -0.3 is 14.6 Å². The van der Waals surface area contributed by atoms with Gasteiger partial charge in [0.05, 0.1) is 23.3 Å². The van der Waals surface area contributed by atoms with Crippen molar-refractivity contribution in [3.63, 3.8) is 0 Å². The molecule has 6 heteroatoms. The minimum Gasteiger partial charge on any atom is -0.460 e. The van der Waals surface area contributed by atoms with Crippen LogP contribution >= 0.6 is 0 Å². The Hall–Kier alpha value is -3.66. The van der Waals surface area contributed by atoms with Crippen LogP contribution < -0.4 is 5.32 Å². The molecule has 38 heavy (non-hydrogen) atoms. The average Bonchev–Trinajstić information content (AvgIpc) is 3.63. The van der Waals surface area contributed by atoms with E-state index >= 15 is 0 Å². The van der Waals surface area contributed by atoms with Gasteiger partial charge in [-0.3, -0.25) is 9.88 Å². The Morgan fingerprint density at radius 3 is 2.58 bits per heavy atom. The van der Waals surface area contributed by atoms with Crippen LogP contribution in [0.2, 0.25) is 0 Å². The lowest BCUT2D eigenvalue weighted by Crippen LogP contribution is -2.43. The number of nitriles is 1. The van der Waals surface area contributed by atoms with E-state index in [4.69, 9.17) is 4.42 Å². The van der Waals surface area contributed by atoms with Crippen LogP contribution in [0.1, 0.15) is 48.1 Å². The second-order valence-corrected chi connectivity index (χ2v) is 10.9. The van der Waals surface area contributed by atoms with E-state index in [1.54, 1.807) is 6.20 Å². The van der Waals surface area contributed by atoms with Crippen LogP contribution in [0.25, 0.3) is 22.2 Å². The summed E-state index contributed by atoms with van der Waals surface area (Å²) >= 11 is 0. The molecule has 2 aliphatic heterocycles. The van der Waals surface area contributed by atoms with Gasteiger partial charge >= 0.3 is 0 Å². The van der Waals surface area contributed by atoms with Crippen molar-refractivity contribution in [2.45, 2.75) is 52.1 Å². The molecule has 2 aromatic carbocycles. The highest BCUT2D eigenvalue weighted by atomic mass is 16.3. The van der Waals surface area contributed by atoms with E-state index in [0.717, 1.165) is 70.6 Å². The van der Waals surface area contributed by atoms with E-state index in [1.165, 1.54) is 44.3 Å². The van der Waals surface area contributed by atoms with Crippen molar-refractivity contribution in [3.05, 3.63) is 77.2 Å². The lowest BCUT2D eigenvalue weighted by atomic mass is 10.0.